The van der Waals surface area contributed by atoms with Crippen LogP contribution in [0.4, 0.5) is 8.78 Å². The Balaban J connectivity index is 4.44. The van der Waals surface area contributed by atoms with E-state index in [0.717, 1.165) is 0 Å². The van der Waals surface area contributed by atoms with Gasteiger partial charge in [0.1, 0.15) is 0 Å². The zero-order valence-electron chi connectivity index (χ0n) is 8.49. The average Bonchev–Trinajstić information content (AvgIpc) is 2.13. The van der Waals surface area contributed by atoms with E-state index in [0.29, 0.717) is 10.7 Å². The van der Waals surface area contributed by atoms with Crippen LogP contribution in [0.3, 0.4) is 0 Å². The molecule has 0 saturated carbocycles. The second-order valence-corrected chi connectivity index (χ2v) is 4.63. The standard InChI is InChI=1S/C7H16F2N2O3S/c1-2-3-10-15(13,14)11(4-5-12)6-7(8)9/h7,10,12H,2-6H2,1H3. The highest BCUT2D eigenvalue weighted by Crippen LogP contribution is 2.03. The third-order valence-corrected chi connectivity index (χ3v) is 3.15. The molecule has 0 aliphatic carbocycles. The second-order valence-electron chi connectivity index (χ2n) is 2.87. The third-order valence-electron chi connectivity index (χ3n) is 1.57. The minimum Gasteiger partial charge on any atom is -0.395 e. The smallest absolute Gasteiger partial charge is 0.279 e. The highest BCUT2D eigenvalue weighted by molar-refractivity contribution is 7.87. The Kier molecular flexibility index (Phi) is 6.90. The summed E-state index contributed by atoms with van der Waals surface area (Å²) in [6.45, 7) is 0.224. The molecule has 2 N–H and O–H groups in total. The lowest BCUT2D eigenvalue weighted by atomic mass is 10.5. The van der Waals surface area contributed by atoms with Crippen molar-refractivity contribution in [3.8, 4) is 0 Å². The number of aliphatic hydroxyl groups is 1. The number of rotatable bonds is 8. The molecule has 0 amide bonds. The first-order chi connectivity index (χ1) is 6.94. The van der Waals surface area contributed by atoms with E-state index < -0.39 is 29.8 Å². The summed E-state index contributed by atoms with van der Waals surface area (Å²) in [6.07, 6.45) is -2.18. The van der Waals surface area contributed by atoms with Gasteiger partial charge in [-0.1, -0.05) is 6.92 Å². The first-order valence-electron chi connectivity index (χ1n) is 4.57. The fourth-order valence-electron chi connectivity index (χ4n) is 0.897. The summed E-state index contributed by atoms with van der Waals surface area (Å²) in [5.41, 5.74) is 0. The van der Waals surface area contributed by atoms with E-state index in [1.807, 2.05) is 0 Å². The largest absolute Gasteiger partial charge is 0.395 e. The van der Waals surface area contributed by atoms with Crippen molar-refractivity contribution in [3.05, 3.63) is 0 Å². The van der Waals surface area contributed by atoms with Crippen LogP contribution in [0.15, 0.2) is 0 Å². The molecule has 0 bridgehead atoms. The monoisotopic (exact) mass is 246 g/mol. The first kappa shape index (κ1) is 14.7. The molecule has 0 rings (SSSR count). The lowest BCUT2D eigenvalue weighted by Crippen LogP contribution is -2.44. The van der Waals surface area contributed by atoms with Crippen molar-refractivity contribution in [1.29, 1.82) is 0 Å². The highest BCUT2D eigenvalue weighted by Gasteiger charge is 2.23. The van der Waals surface area contributed by atoms with Crippen molar-refractivity contribution in [1.82, 2.24) is 9.03 Å². The summed E-state index contributed by atoms with van der Waals surface area (Å²) in [7, 11) is -3.90. The van der Waals surface area contributed by atoms with E-state index in [-0.39, 0.29) is 13.1 Å². The van der Waals surface area contributed by atoms with Gasteiger partial charge in [-0.25, -0.2) is 13.5 Å². The van der Waals surface area contributed by atoms with Gasteiger partial charge in [0.2, 0.25) is 0 Å². The van der Waals surface area contributed by atoms with Crippen molar-refractivity contribution in [2.24, 2.45) is 0 Å². The summed E-state index contributed by atoms with van der Waals surface area (Å²) in [6, 6.07) is 0. The van der Waals surface area contributed by atoms with Gasteiger partial charge >= 0.3 is 0 Å². The summed E-state index contributed by atoms with van der Waals surface area (Å²) in [5, 5.41) is 8.56. The molecule has 0 atom stereocenters. The van der Waals surface area contributed by atoms with E-state index in [2.05, 4.69) is 4.72 Å². The number of halogens is 2. The van der Waals surface area contributed by atoms with Gasteiger partial charge in [-0.2, -0.15) is 12.7 Å². The van der Waals surface area contributed by atoms with Gasteiger partial charge in [0.15, 0.2) is 0 Å². The summed E-state index contributed by atoms with van der Waals surface area (Å²) in [5.74, 6) is 0. The Bertz CT molecular complexity index is 259. The fraction of sp³-hybridized carbons (Fsp3) is 1.00. The van der Waals surface area contributed by atoms with Crippen LogP contribution < -0.4 is 4.72 Å². The molecule has 5 nitrogen and oxygen atoms in total. The molecule has 0 aliphatic rings. The van der Waals surface area contributed by atoms with Crippen LogP contribution in [-0.2, 0) is 10.2 Å². The predicted octanol–water partition coefficient (Wildman–Crippen LogP) is -0.210. The Labute approximate surface area is 88.3 Å². The molecular formula is C7H16F2N2O3S. The fourth-order valence-corrected chi connectivity index (χ4v) is 2.17. The Morgan fingerprint density at radius 1 is 1.47 bits per heavy atom. The highest BCUT2D eigenvalue weighted by atomic mass is 32.2. The maximum Gasteiger partial charge on any atom is 0.279 e. The normalized spacial score (nSPS) is 12.7. The zero-order valence-corrected chi connectivity index (χ0v) is 9.30. The van der Waals surface area contributed by atoms with E-state index in [9.17, 15) is 17.2 Å². The van der Waals surface area contributed by atoms with E-state index in [1.165, 1.54) is 0 Å². The molecule has 92 valence electrons. The molecule has 0 heterocycles. The van der Waals surface area contributed by atoms with E-state index in [4.69, 9.17) is 5.11 Å². The molecular weight excluding hydrogens is 230 g/mol. The summed E-state index contributed by atoms with van der Waals surface area (Å²) >= 11 is 0. The topological polar surface area (TPSA) is 69.6 Å². The molecule has 0 spiro atoms. The average molecular weight is 246 g/mol. The van der Waals surface area contributed by atoms with Crippen molar-refractivity contribution in [2.75, 3.05) is 26.2 Å². The van der Waals surface area contributed by atoms with Crippen LogP contribution >= 0.6 is 0 Å². The molecule has 0 aromatic rings. The maximum absolute atomic E-state index is 12.0. The molecule has 0 fully saturated rings. The van der Waals surface area contributed by atoms with Crippen molar-refractivity contribution in [3.63, 3.8) is 0 Å². The minimum absolute atomic E-state index is 0.188. The molecule has 0 aromatic heterocycles. The third kappa shape index (κ3) is 5.98. The van der Waals surface area contributed by atoms with Crippen molar-refractivity contribution < 1.29 is 22.3 Å². The van der Waals surface area contributed by atoms with Gasteiger partial charge < -0.3 is 5.11 Å². The molecule has 0 aromatic carbocycles. The van der Waals surface area contributed by atoms with E-state index >= 15 is 0 Å². The predicted molar refractivity (Wildman–Crippen MR) is 51.9 cm³/mol. The Morgan fingerprint density at radius 3 is 2.47 bits per heavy atom. The zero-order chi connectivity index (χ0) is 11.9. The Hall–Kier alpha value is -0.310. The van der Waals surface area contributed by atoms with Crippen molar-refractivity contribution >= 4 is 10.2 Å². The van der Waals surface area contributed by atoms with Crippen LogP contribution in [0, 0.1) is 0 Å². The minimum atomic E-state index is -3.90. The van der Waals surface area contributed by atoms with Crippen LogP contribution in [0.1, 0.15) is 13.3 Å². The van der Waals surface area contributed by atoms with Gasteiger partial charge in [-0.15, -0.1) is 0 Å². The van der Waals surface area contributed by atoms with Crippen molar-refractivity contribution in [2.45, 2.75) is 19.8 Å². The van der Waals surface area contributed by atoms with Gasteiger partial charge in [-0.3, -0.25) is 0 Å². The van der Waals surface area contributed by atoms with Crippen LogP contribution in [0.25, 0.3) is 0 Å². The number of hydrogen-bond acceptors (Lipinski definition) is 3. The number of aliphatic hydroxyl groups excluding tert-OH is 1. The summed E-state index contributed by atoms with van der Waals surface area (Å²) in [4.78, 5) is 0. The number of alkyl halides is 2. The maximum atomic E-state index is 12.0. The quantitative estimate of drug-likeness (QED) is 0.622. The molecule has 0 radical (unpaired) electrons. The number of nitrogens with one attached hydrogen (secondary N) is 1. The van der Waals surface area contributed by atoms with Gasteiger partial charge in [-0.05, 0) is 6.42 Å². The van der Waals surface area contributed by atoms with E-state index in [1.54, 1.807) is 6.92 Å². The molecule has 0 saturated heterocycles. The molecule has 15 heavy (non-hydrogen) atoms. The SMILES string of the molecule is CCCNS(=O)(=O)N(CCO)CC(F)F. The van der Waals surface area contributed by atoms with Crippen LogP contribution in [0.5, 0.6) is 0 Å². The second kappa shape index (κ2) is 7.04. The van der Waals surface area contributed by atoms with Gasteiger partial charge in [0, 0.05) is 13.1 Å². The molecule has 8 heteroatoms. The molecule has 0 unspecified atom stereocenters. The number of hydrogen-bond donors (Lipinski definition) is 2. The van der Waals surface area contributed by atoms with Crippen LogP contribution in [-0.4, -0.2) is 50.5 Å². The Morgan fingerprint density at radius 2 is 2.07 bits per heavy atom. The first-order valence-corrected chi connectivity index (χ1v) is 6.01. The van der Waals surface area contributed by atoms with Crippen LogP contribution in [0.2, 0.25) is 0 Å². The van der Waals surface area contributed by atoms with Gasteiger partial charge in [0.25, 0.3) is 16.6 Å². The molecule has 0 aliphatic heterocycles. The van der Waals surface area contributed by atoms with Gasteiger partial charge in [0.05, 0.1) is 13.2 Å². The lowest BCUT2D eigenvalue weighted by molar-refractivity contribution is 0.112. The lowest BCUT2D eigenvalue weighted by Gasteiger charge is -2.20. The summed E-state index contributed by atoms with van der Waals surface area (Å²) < 4.78 is 49.5. The number of nitrogens with zero attached hydrogens (tertiary/aromatic N) is 1.